The van der Waals surface area contributed by atoms with Gasteiger partial charge in [-0.15, -0.1) is 0 Å². The molecule has 0 bridgehead atoms. The first-order chi connectivity index (χ1) is 11.1. The van der Waals surface area contributed by atoms with Crippen LogP contribution in [0.4, 0.5) is 0 Å². The van der Waals surface area contributed by atoms with Crippen molar-refractivity contribution in [3.05, 3.63) is 60.2 Å². The Morgan fingerprint density at radius 3 is 2.26 bits per heavy atom. The fourth-order valence-electron chi connectivity index (χ4n) is 2.72. The topological polar surface area (TPSA) is 60.7 Å². The van der Waals surface area contributed by atoms with Gasteiger partial charge in [0.1, 0.15) is 0 Å². The van der Waals surface area contributed by atoms with Crippen LogP contribution in [0.2, 0.25) is 0 Å². The first-order valence-corrected chi connectivity index (χ1v) is 8.71. The lowest BCUT2D eigenvalue weighted by atomic mass is 10.2. The van der Waals surface area contributed by atoms with Crippen molar-refractivity contribution in [1.29, 1.82) is 0 Å². The third-order valence-electron chi connectivity index (χ3n) is 3.84. The molecule has 0 aliphatic rings. The summed E-state index contributed by atoms with van der Waals surface area (Å²) in [5.74, 6) is -0.0661. The molecule has 3 aromatic rings. The number of aromatic hydroxyl groups is 1. The zero-order valence-electron chi connectivity index (χ0n) is 13.0. The second kappa shape index (κ2) is 6.20. The summed E-state index contributed by atoms with van der Waals surface area (Å²) in [6, 6.07) is 17.1. The van der Waals surface area contributed by atoms with Gasteiger partial charge in [-0.3, -0.25) is 4.57 Å². The summed E-state index contributed by atoms with van der Waals surface area (Å²) >= 11 is 0. The maximum Gasteiger partial charge on any atom is 0.380 e. The normalized spacial score (nSPS) is 11.9. The number of fused-ring (bicyclic) bond motifs is 1. The highest BCUT2D eigenvalue weighted by atomic mass is 31.2. The number of nitrogens with zero attached hydrogens (tertiary/aromatic N) is 1. The minimum atomic E-state index is -3.61. The lowest BCUT2D eigenvalue weighted by Gasteiger charge is -2.17. The molecular formula is C17H18NO4P. The summed E-state index contributed by atoms with van der Waals surface area (Å²) < 4.78 is 24.9. The van der Waals surface area contributed by atoms with Crippen LogP contribution >= 0.6 is 7.60 Å². The van der Waals surface area contributed by atoms with Crippen LogP contribution in [0.15, 0.2) is 54.6 Å². The molecule has 1 aromatic heterocycles. The molecule has 0 saturated carbocycles. The zero-order chi connectivity index (χ0) is 16.4. The van der Waals surface area contributed by atoms with Gasteiger partial charge in [0.05, 0.1) is 5.52 Å². The van der Waals surface area contributed by atoms with Crippen molar-refractivity contribution in [2.45, 2.75) is 6.54 Å². The van der Waals surface area contributed by atoms with E-state index in [0.717, 1.165) is 11.1 Å². The van der Waals surface area contributed by atoms with Crippen LogP contribution < -0.4 is 5.44 Å². The van der Waals surface area contributed by atoms with E-state index in [1.165, 1.54) is 14.2 Å². The second-order valence-electron chi connectivity index (χ2n) is 5.12. The Morgan fingerprint density at radius 2 is 1.61 bits per heavy atom. The number of hydrogen-bond donors (Lipinski definition) is 1. The molecule has 120 valence electrons. The van der Waals surface area contributed by atoms with Gasteiger partial charge in [0.25, 0.3) is 0 Å². The number of hydrogen-bond acceptors (Lipinski definition) is 4. The summed E-state index contributed by atoms with van der Waals surface area (Å²) in [5.41, 5.74) is 1.97. The molecule has 0 atom stereocenters. The minimum absolute atomic E-state index is 0.0661. The van der Waals surface area contributed by atoms with Gasteiger partial charge in [-0.2, -0.15) is 0 Å². The maximum atomic E-state index is 12.9. The van der Waals surface area contributed by atoms with Crippen molar-refractivity contribution >= 4 is 23.9 Å². The Bertz CT molecular complexity index is 865. The molecule has 0 aliphatic heterocycles. The van der Waals surface area contributed by atoms with Crippen molar-refractivity contribution in [2.24, 2.45) is 0 Å². The molecule has 1 heterocycles. The first kappa shape index (κ1) is 15.8. The molecule has 0 spiro atoms. The van der Waals surface area contributed by atoms with Gasteiger partial charge < -0.3 is 18.7 Å². The zero-order valence-corrected chi connectivity index (χ0v) is 13.9. The van der Waals surface area contributed by atoms with Crippen molar-refractivity contribution in [1.82, 2.24) is 4.57 Å². The van der Waals surface area contributed by atoms with Gasteiger partial charge in [-0.1, -0.05) is 42.5 Å². The minimum Gasteiger partial charge on any atom is -0.505 e. The van der Waals surface area contributed by atoms with E-state index in [4.69, 9.17) is 9.05 Å². The summed E-state index contributed by atoms with van der Waals surface area (Å²) in [5, 5.41) is 11.2. The quantitative estimate of drug-likeness (QED) is 0.727. The molecule has 6 heteroatoms. The van der Waals surface area contributed by atoms with Crippen molar-refractivity contribution < 1.29 is 18.7 Å². The summed E-state index contributed by atoms with van der Waals surface area (Å²) in [6.45, 7) is 0.452. The van der Waals surface area contributed by atoms with E-state index in [2.05, 4.69) is 0 Å². The Kier molecular flexibility index (Phi) is 4.26. The van der Waals surface area contributed by atoms with Crippen LogP contribution in [-0.2, 0) is 20.2 Å². The lowest BCUT2D eigenvalue weighted by molar-refractivity contribution is 0.284. The smallest absolute Gasteiger partial charge is 0.380 e. The van der Waals surface area contributed by atoms with E-state index >= 15 is 0 Å². The largest absolute Gasteiger partial charge is 0.505 e. The van der Waals surface area contributed by atoms with Crippen LogP contribution in [0.3, 0.4) is 0 Å². The molecule has 0 radical (unpaired) electrons. The molecule has 0 aliphatic carbocycles. The molecule has 1 N–H and O–H groups in total. The van der Waals surface area contributed by atoms with Gasteiger partial charge in [0, 0.05) is 26.2 Å². The maximum absolute atomic E-state index is 12.9. The van der Waals surface area contributed by atoms with Gasteiger partial charge in [0.15, 0.2) is 11.2 Å². The van der Waals surface area contributed by atoms with E-state index in [9.17, 15) is 9.67 Å². The highest BCUT2D eigenvalue weighted by Gasteiger charge is 2.34. The highest BCUT2D eigenvalue weighted by Crippen LogP contribution is 2.50. The molecular weight excluding hydrogens is 313 g/mol. The summed E-state index contributed by atoms with van der Waals surface area (Å²) in [4.78, 5) is 0. The Balaban J connectivity index is 2.28. The number of rotatable bonds is 5. The molecule has 0 saturated heterocycles. The molecule has 2 aromatic carbocycles. The van der Waals surface area contributed by atoms with Gasteiger partial charge in [0.2, 0.25) is 0 Å². The lowest BCUT2D eigenvalue weighted by Crippen LogP contribution is -2.20. The number of benzene rings is 2. The molecule has 0 unspecified atom stereocenters. The van der Waals surface area contributed by atoms with Crippen LogP contribution in [0.1, 0.15) is 5.56 Å². The number of aromatic nitrogens is 1. The van der Waals surface area contributed by atoms with Gasteiger partial charge in [-0.25, -0.2) is 0 Å². The van der Waals surface area contributed by atoms with Crippen molar-refractivity contribution in [2.75, 3.05) is 14.2 Å². The van der Waals surface area contributed by atoms with E-state index in [1.807, 2.05) is 48.5 Å². The highest BCUT2D eigenvalue weighted by molar-refractivity contribution is 7.62. The fraction of sp³-hybridized carbons (Fsp3) is 0.176. The molecule has 3 rings (SSSR count). The average Bonchev–Trinajstić information content (AvgIpc) is 2.88. The predicted molar refractivity (Wildman–Crippen MR) is 90.4 cm³/mol. The van der Waals surface area contributed by atoms with Crippen LogP contribution in [-0.4, -0.2) is 23.9 Å². The van der Waals surface area contributed by atoms with E-state index in [0.29, 0.717) is 11.9 Å². The standard InChI is InChI=1S/C17H18NO4P/c1-21-23(20,22-2)17-16(19)14-10-6-7-11-15(14)18(17)12-13-8-4-3-5-9-13/h3-11,19H,12H2,1-2H3. The molecule has 5 nitrogen and oxygen atoms in total. The van der Waals surface area contributed by atoms with E-state index in [-0.39, 0.29) is 11.2 Å². The Hall–Kier alpha value is -2.07. The monoisotopic (exact) mass is 331 g/mol. The fourth-order valence-corrected chi connectivity index (χ4v) is 4.07. The second-order valence-corrected chi connectivity index (χ2v) is 7.27. The van der Waals surface area contributed by atoms with Crippen molar-refractivity contribution in [3.63, 3.8) is 0 Å². The summed E-state index contributed by atoms with van der Waals surface area (Å²) in [7, 11) is -0.978. The molecule has 23 heavy (non-hydrogen) atoms. The van der Waals surface area contributed by atoms with Crippen LogP contribution in [0.5, 0.6) is 5.75 Å². The van der Waals surface area contributed by atoms with Gasteiger partial charge in [-0.05, 0) is 17.7 Å². The SMILES string of the molecule is COP(=O)(OC)c1c(O)c2ccccc2n1Cc1ccccc1. The van der Waals surface area contributed by atoms with Crippen LogP contribution in [0, 0.1) is 0 Å². The Labute approximate surface area is 134 Å². The predicted octanol–water partition coefficient (Wildman–Crippen LogP) is 3.51. The van der Waals surface area contributed by atoms with Crippen LogP contribution in [0.25, 0.3) is 10.9 Å². The Morgan fingerprint density at radius 1 is 1.00 bits per heavy atom. The number of para-hydroxylation sites is 1. The third kappa shape index (κ3) is 2.68. The van der Waals surface area contributed by atoms with E-state index in [1.54, 1.807) is 10.6 Å². The third-order valence-corrected chi connectivity index (χ3v) is 5.77. The molecule has 0 fully saturated rings. The van der Waals surface area contributed by atoms with E-state index < -0.39 is 7.60 Å². The van der Waals surface area contributed by atoms with Gasteiger partial charge >= 0.3 is 7.60 Å². The average molecular weight is 331 g/mol. The first-order valence-electron chi connectivity index (χ1n) is 7.17. The molecule has 0 amide bonds. The van der Waals surface area contributed by atoms with Crippen molar-refractivity contribution in [3.8, 4) is 5.75 Å². The summed E-state index contributed by atoms with van der Waals surface area (Å²) in [6.07, 6.45) is 0.